The molecule has 2 N–H and O–H groups in total. The Kier molecular flexibility index (Phi) is 5.78. The van der Waals surface area contributed by atoms with Crippen LogP contribution in [0, 0.1) is 12.7 Å². The molecular formula is C24H27FN4O3S. The summed E-state index contributed by atoms with van der Waals surface area (Å²) in [7, 11) is -4.08. The summed E-state index contributed by atoms with van der Waals surface area (Å²) in [5, 5.41) is 7.27. The Morgan fingerprint density at radius 2 is 1.82 bits per heavy atom. The van der Waals surface area contributed by atoms with Crippen LogP contribution >= 0.6 is 0 Å². The van der Waals surface area contributed by atoms with Crippen molar-refractivity contribution in [3.8, 4) is 0 Å². The quantitative estimate of drug-likeness (QED) is 0.529. The van der Waals surface area contributed by atoms with E-state index >= 15 is 0 Å². The van der Waals surface area contributed by atoms with Gasteiger partial charge in [0.25, 0.3) is 15.9 Å². The molecule has 1 saturated carbocycles. The van der Waals surface area contributed by atoms with E-state index in [1.54, 1.807) is 19.1 Å². The highest BCUT2D eigenvalue weighted by molar-refractivity contribution is 7.92. The third-order valence-electron chi connectivity index (χ3n) is 5.45. The maximum Gasteiger partial charge on any atom is 0.276 e. The Hall–Kier alpha value is -3.20. The smallest absolute Gasteiger partial charge is 0.276 e. The Morgan fingerprint density at radius 3 is 2.45 bits per heavy atom. The summed E-state index contributed by atoms with van der Waals surface area (Å²) in [4.78, 5) is 12.9. The Labute approximate surface area is 193 Å². The Morgan fingerprint density at radius 1 is 1.12 bits per heavy atom. The van der Waals surface area contributed by atoms with Crippen LogP contribution in [0.15, 0.2) is 53.4 Å². The fraction of sp³-hybridized carbons (Fsp3) is 0.333. The van der Waals surface area contributed by atoms with Crippen molar-refractivity contribution >= 4 is 27.3 Å². The van der Waals surface area contributed by atoms with Crippen LogP contribution in [0.4, 0.5) is 15.8 Å². The number of hydrogen-bond donors (Lipinski definition) is 2. The van der Waals surface area contributed by atoms with Gasteiger partial charge in [-0.15, -0.1) is 0 Å². The van der Waals surface area contributed by atoms with Gasteiger partial charge in [-0.3, -0.25) is 14.2 Å². The van der Waals surface area contributed by atoms with Gasteiger partial charge in [0.1, 0.15) is 5.82 Å². The summed E-state index contributed by atoms with van der Waals surface area (Å²) < 4.78 is 44.0. The second-order valence-electron chi connectivity index (χ2n) is 9.33. The molecule has 0 radical (unpaired) electrons. The van der Waals surface area contributed by atoms with Gasteiger partial charge in [-0.05, 0) is 76.4 Å². The van der Waals surface area contributed by atoms with Crippen molar-refractivity contribution in [1.82, 2.24) is 9.78 Å². The molecule has 174 valence electrons. The summed E-state index contributed by atoms with van der Waals surface area (Å²) >= 11 is 0. The first kappa shape index (κ1) is 23.0. The van der Waals surface area contributed by atoms with Gasteiger partial charge in [-0.25, -0.2) is 12.8 Å². The molecule has 1 heterocycles. The predicted molar refractivity (Wildman–Crippen MR) is 126 cm³/mol. The van der Waals surface area contributed by atoms with Gasteiger partial charge in [-0.2, -0.15) is 5.10 Å². The molecule has 1 aliphatic carbocycles. The van der Waals surface area contributed by atoms with Crippen LogP contribution in [0.1, 0.15) is 61.3 Å². The number of nitrogens with one attached hydrogen (secondary N) is 2. The molecule has 1 amide bonds. The van der Waals surface area contributed by atoms with Crippen molar-refractivity contribution in [3.63, 3.8) is 0 Å². The number of nitrogens with zero attached hydrogens (tertiary/aromatic N) is 2. The molecule has 2 aromatic carbocycles. The van der Waals surface area contributed by atoms with E-state index in [1.165, 1.54) is 30.3 Å². The number of carbonyl (C=O) groups is 1. The second-order valence-corrected chi connectivity index (χ2v) is 11.0. The van der Waals surface area contributed by atoms with Crippen LogP contribution in [-0.4, -0.2) is 24.1 Å². The molecule has 0 spiro atoms. The van der Waals surface area contributed by atoms with E-state index in [9.17, 15) is 17.6 Å². The fourth-order valence-electron chi connectivity index (χ4n) is 3.62. The van der Waals surface area contributed by atoms with Crippen LogP contribution in [0.2, 0.25) is 0 Å². The van der Waals surface area contributed by atoms with E-state index in [-0.39, 0.29) is 21.8 Å². The monoisotopic (exact) mass is 470 g/mol. The van der Waals surface area contributed by atoms with E-state index < -0.39 is 21.7 Å². The highest BCUT2D eigenvalue weighted by Crippen LogP contribution is 2.41. The lowest BCUT2D eigenvalue weighted by Crippen LogP contribution is -2.25. The number of hydrogen-bond acceptors (Lipinski definition) is 4. The van der Waals surface area contributed by atoms with E-state index in [0.717, 1.165) is 18.5 Å². The number of rotatable bonds is 6. The van der Waals surface area contributed by atoms with Crippen LogP contribution in [0.3, 0.4) is 0 Å². The Balaban J connectivity index is 1.60. The molecule has 7 nitrogen and oxygen atoms in total. The van der Waals surface area contributed by atoms with Gasteiger partial charge in [-0.1, -0.05) is 18.2 Å². The molecule has 33 heavy (non-hydrogen) atoms. The van der Waals surface area contributed by atoms with Gasteiger partial charge in [0.05, 0.1) is 16.1 Å². The number of anilines is 2. The molecule has 0 bridgehead atoms. The molecule has 4 rings (SSSR count). The van der Waals surface area contributed by atoms with Crippen LogP contribution in [0.25, 0.3) is 0 Å². The predicted octanol–water partition coefficient (Wildman–Crippen LogP) is 5.02. The molecule has 1 fully saturated rings. The third-order valence-corrected chi connectivity index (χ3v) is 6.96. The number of halogens is 1. The zero-order chi connectivity index (χ0) is 24.0. The Bertz CT molecular complexity index is 1320. The van der Waals surface area contributed by atoms with Crippen LogP contribution in [-0.2, 0) is 15.6 Å². The molecule has 9 heteroatoms. The van der Waals surface area contributed by atoms with Crippen molar-refractivity contribution in [2.24, 2.45) is 0 Å². The van der Waals surface area contributed by atoms with Gasteiger partial charge in [0.2, 0.25) is 0 Å². The molecule has 0 unspecified atom stereocenters. The minimum atomic E-state index is -4.08. The van der Waals surface area contributed by atoms with E-state index in [4.69, 9.17) is 0 Å². The maximum absolute atomic E-state index is 14.0. The average molecular weight is 471 g/mol. The number of amides is 1. The van der Waals surface area contributed by atoms with Crippen LogP contribution < -0.4 is 10.0 Å². The second kappa shape index (κ2) is 8.30. The lowest BCUT2D eigenvalue weighted by Gasteiger charge is -2.22. The molecule has 0 atom stereocenters. The van der Waals surface area contributed by atoms with Crippen molar-refractivity contribution in [2.45, 2.75) is 56.9 Å². The molecule has 0 aliphatic heterocycles. The number of sulfonamides is 1. The lowest BCUT2D eigenvalue weighted by molar-refractivity contribution is 0.102. The first-order chi connectivity index (χ1) is 15.5. The minimum Gasteiger partial charge on any atom is -0.321 e. The summed E-state index contributed by atoms with van der Waals surface area (Å²) in [5.74, 6) is -0.683. The van der Waals surface area contributed by atoms with Gasteiger partial charge < -0.3 is 5.32 Å². The highest BCUT2D eigenvalue weighted by Gasteiger charge is 2.32. The van der Waals surface area contributed by atoms with E-state index in [0.29, 0.717) is 17.2 Å². The number of benzene rings is 2. The van der Waals surface area contributed by atoms with E-state index in [1.807, 2.05) is 31.5 Å². The van der Waals surface area contributed by atoms with Gasteiger partial charge in [0.15, 0.2) is 5.69 Å². The third kappa shape index (κ3) is 4.93. The summed E-state index contributed by atoms with van der Waals surface area (Å²) in [5.41, 5.74) is 1.67. The van der Waals surface area contributed by atoms with Gasteiger partial charge in [0, 0.05) is 17.3 Å². The highest BCUT2D eigenvalue weighted by atomic mass is 32.2. The minimum absolute atomic E-state index is 0.0533. The normalized spacial score (nSPS) is 14.2. The zero-order valence-electron chi connectivity index (χ0n) is 19.0. The number of aryl methyl sites for hydroxylation is 1. The van der Waals surface area contributed by atoms with Gasteiger partial charge >= 0.3 is 0 Å². The first-order valence-corrected chi connectivity index (χ1v) is 12.2. The number of para-hydroxylation sites is 1. The van der Waals surface area contributed by atoms with Crippen molar-refractivity contribution in [3.05, 3.63) is 71.3 Å². The largest absolute Gasteiger partial charge is 0.321 e. The van der Waals surface area contributed by atoms with Crippen molar-refractivity contribution in [2.75, 3.05) is 10.0 Å². The van der Waals surface area contributed by atoms with Crippen molar-refractivity contribution in [1.29, 1.82) is 0 Å². The lowest BCUT2D eigenvalue weighted by atomic mass is 10.1. The fourth-order valence-corrected chi connectivity index (χ4v) is 4.96. The number of aromatic nitrogens is 2. The molecule has 1 aromatic heterocycles. The zero-order valence-corrected chi connectivity index (χ0v) is 19.8. The summed E-state index contributed by atoms with van der Waals surface area (Å²) in [6.07, 6.45) is 2.16. The average Bonchev–Trinajstić information content (AvgIpc) is 3.47. The molecule has 1 aliphatic rings. The van der Waals surface area contributed by atoms with E-state index in [2.05, 4.69) is 15.1 Å². The molecular weight excluding hydrogens is 443 g/mol. The molecule has 0 saturated heterocycles. The summed E-state index contributed by atoms with van der Waals surface area (Å²) in [6.45, 7) is 7.74. The van der Waals surface area contributed by atoms with Crippen molar-refractivity contribution < 1.29 is 17.6 Å². The standard InChI is InChI=1S/C24H27FN4O3S/c1-15-9-12-17(13-22(15)33(31,32)28-19-8-6-5-7-18(19)25)26-23(30)20-14-21(16-10-11-16)29(27-20)24(2,3)4/h5-9,12-14,16,28H,10-11H2,1-4H3,(H,26,30). The SMILES string of the molecule is Cc1ccc(NC(=O)c2cc(C3CC3)n(C(C)(C)C)n2)cc1S(=O)(=O)Nc1ccccc1F. The van der Waals surface area contributed by atoms with Crippen LogP contribution in [0.5, 0.6) is 0 Å². The topological polar surface area (TPSA) is 93.1 Å². The maximum atomic E-state index is 14.0. The number of carbonyl (C=O) groups excluding carboxylic acids is 1. The summed E-state index contributed by atoms with van der Waals surface area (Å²) in [6, 6.07) is 11.9. The first-order valence-electron chi connectivity index (χ1n) is 10.8. The molecule has 3 aromatic rings.